The molecule has 0 spiro atoms. The predicted octanol–water partition coefficient (Wildman–Crippen LogP) is 4.96. The van der Waals surface area contributed by atoms with E-state index >= 15 is 0 Å². The highest BCUT2D eigenvalue weighted by molar-refractivity contribution is 6.23. The van der Waals surface area contributed by atoms with Gasteiger partial charge >= 0.3 is 0 Å². The maximum atomic E-state index is 13.4. The van der Waals surface area contributed by atoms with Crippen molar-refractivity contribution in [3.8, 4) is 0 Å². The number of para-hydroxylation sites is 1. The van der Waals surface area contributed by atoms with Crippen LogP contribution in [0, 0.1) is 0 Å². The van der Waals surface area contributed by atoms with Crippen molar-refractivity contribution in [1.82, 2.24) is 5.43 Å². The molecule has 3 aromatic carbocycles. The molecular formula is C31H25N3O3. The van der Waals surface area contributed by atoms with Gasteiger partial charge in [-0.2, -0.15) is 5.43 Å². The van der Waals surface area contributed by atoms with Crippen LogP contribution >= 0.6 is 0 Å². The first kappa shape index (κ1) is 24.0. The molecule has 0 aliphatic carbocycles. The van der Waals surface area contributed by atoms with E-state index in [0.717, 1.165) is 11.1 Å². The van der Waals surface area contributed by atoms with Gasteiger partial charge in [0.25, 0.3) is 5.91 Å². The summed E-state index contributed by atoms with van der Waals surface area (Å²) >= 11 is 0. The Morgan fingerprint density at radius 3 is 1.84 bits per heavy atom. The van der Waals surface area contributed by atoms with Crippen LogP contribution in [0.1, 0.15) is 24.0 Å². The average molecular weight is 488 g/mol. The molecule has 37 heavy (non-hydrogen) atoms. The van der Waals surface area contributed by atoms with E-state index in [1.54, 1.807) is 12.2 Å². The van der Waals surface area contributed by atoms with E-state index in [0.29, 0.717) is 22.5 Å². The summed E-state index contributed by atoms with van der Waals surface area (Å²) in [5.74, 6) is -0.588. The van der Waals surface area contributed by atoms with Crippen LogP contribution < -0.4 is 10.4 Å². The molecule has 0 unspecified atom stereocenters. The van der Waals surface area contributed by atoms with Crippen LogP contribution in [0.4, 0.5) is 5.69 Å². The van der Waals surface area contributed by atoms with Crippen LogP contribution in [0.5, 0.6) is 0 Å². The van der Waals surface area contributed by atoms with Gasteiger partial charge in [0, 0.05) is 12.1 Å². The number of aliphatic imine (C=N–C) groups is 1. The standard InChI is InChI=1S/C31H25N3O3/c35-25(18-16-22-10-4-1-5-11-22)20-27-28(21-26(36)19-17-23-12-6-2-7-13-23)32-30-29(27)31(37)34(33-30)24-14-8-3-9-15-24/h1-19,30,33H,20-21H2/b18-16+,19-17-/t30-/m1/s1. The lowest BCUT2D eigenvalue weighted by Gasteiger charge is -2.17. The van der Waals surface area contributed by atoms with Crippen molar-refractivity contribution in [3.63, 3.8) is 0 Å². The number of hydrogen-bond donors (Lipinski definition) is 1. The maximum absolute atomic E-state index is 13.4. The van der Waals surface area contributed by atoms with Crippen LogP contribution in [0.2, 0.25) is 0 Å². The molecule has 6 heteroatoms. The molecule has 1 amide bonds. The third kappa shape index (κ3) is 5.60. The van der Waals surface area contributed by atoms with Crippen LogP contribution in [-0.2, 0) is 14.4 Å². The molecule has 2 aliphatic heterocycles. The van der Waals surface area contributed by atoms with Gasteiger partial charge in [0.15, 0.2) is 11.6 Å². The van der Waals surface area contributed by atoms with E-state index in [2.05, 4.69) is 10.4 Å². The summed E-state index contributed by atoms with van der Waals surface area (Å²) in [5.41, 5.74) is 7.03. The number of benzene rings is 3. The van der Waals surface area contributed by atoms with Crippen molar-refractivity contribution in [2.75, 3.05) is 5.01 Å². The fraction of sp³-hybridized carbons (Fsp3) is 0.0968. The van der Waals surface area contributed by atoms with Crippen molar-refractivity contribution in [2.45, 2.75) is 19.0 Å². The largest absolute Gasteiger partial charge is 0.294 e. The first-order chi connectivity index (χ1) is 18.1. The number of nitrogens with one attached hydrogen (secondary N) is 1. The predicted molar refractivity (Wildman–Crippen MR) is 146 cm³/mol. The van der Waals surface area contributed by atoms with Crippen molar-refractivity contribution in [2.24, 2.45) is 4.99 Å². The number of amides is 1. The zero-order valence-electron chi connectivity index (χ0n) is 20.1. The Labute approximate surface area is 215 Å². The van der Waals surface area contributed by atoms with Gasteiger partial charge in [0.05, 0.1) is 17.7 Å². The van der Waals surface area contributed by atoms with Crippen molar-refractivity contribution in [3.05, 3.63) is 125 Å². The van der Waals surface area contributed by atoms with Gasteiger partial charge < -0.3 is 0 Å². The highest BCUT2D eigenvalue weighted by Crippen LogP contribution is 2.33. The van der Waals surface area contributed by atoms with Gasteiger partial charge in [-0.1, -0.05) is 91.0 Å². The summed E-state index contributed by atoms with van der Waals surface area (Å²) in [6, 6.07) is 28.3. The maximum Gasteiger partial charge on any atom is 0.272 e. The van der Waals surface area contributed by atoms with Crippen molar-refractivity contribution < 1.29 is 14.4 Å². The number of carbonyl (C=O) groups excluding carboxylic acids is 3. The van der Waals surface area contributed by atoms with E-state index in [9.17, 15) is 14.4 Å². The quantitative estimate of drug-likeness (QED) is 0.433. The molecule has 0 aromatic heterocycles. The third-order valence-corrected chi connectivity index (χ3v) is 6.15. The average Bonchev–Trinajstić information content (AvgIpc) is 3.43. The van der Waals surface area contributed by atoms with Crippen molar-refractivity contribution in [1.29, 1.82) is 0 Å². The summed E-state index contributed by atoms with van der Waals surface area (Å²) in [5, 5.41) is 1.45. The zero-order chi connectivity index (χ0) is 25.6. The van der Waals surface area contributed by atoms with Gasteiger partial charge in [-0.25, -0.2) is 5.01 Å². The monoisotopic (exact) mass is 487 g/mol. The number of nitrogens with zero attached hydrogens (tertiary/aromatic N) is 2. The zero-order valence-corrected chi connectivity index (χ0v) is 20.1. The first-order valence-corrected chi connectivity index (χ1v) is 12.1. The summed E-state index contributed by atoms with van der Waals surface area (Å²) in [6.45, 7) is 0. The van der Waals surface area contributed by atoms with E-state index in [4.69, 9.17) is 0 Å². The molecule has 0 saturated carbocycles. The highest BCUT2D eigenvalue weighted by atomic mass is 16.2. The van der Waals surface area contributed by atoms with E-state index in [1.807, 2.05) is 91.0 Å². The minimum atomic E-state index is -0.630. The Hall–Kier alpha value is -4.68. The molecule has 3 aromatic rings. The molecule has 182 valence electrons. The fourth-order valence-electron chi connectivity index (χ4n) is 4.34. The lowest BCUT2D eigenvalue weighted by molar-refractivity contribution is -0.115. The second kappa shape index (κ2) is 10.9. The molecule has 6 nitrogen and oxygen atoms in total. The number of fused-ring (bicyclic) bond motifs is 1. The summed E-state index contributed by atoms with van der Waals surface area (Å²) < 4.78 is 0. The third-order valence-electron chi connectivity index (χ3n) is 6.15. The van der Waals surface area contributed by atoms with E-state index in [-0.39, 0.29) is 30.3 Å². The number of hydrazine groups is 1. The summed E-state index contributed by atoms with van der Waals surface area (Å²) in [4.78, 5) is 43.8. The molecular weight excluding hydrogens is 462 g/mol. The number of hydrogen-bond acceptors (Lipinski definition) is 5. The Morgan fingerprint density at radius 1 is 0.757 bits per heavy atom. The van der Waals surface area contributed by atoms with Gasteiger partial charge in [0.1, 0.15) is 6.17 Å². The molecule has 1 saturated heterocycles. The molecule has 0 bridgehead atoms. The van der Waals surface area contributed by atoms with Crippen LogP contribution in [-0.4, -0.2) is 29.4 Å². The molecule has 0 radical (unpaired) electrons. The lowest BCUT2D eigenvalue weighted by Crippen LogP contribution is -2.37. The van der Waals surface area contributed by atoms with E-state index < -0.39 is 6.17 Å². The lowest BCUT2D eigenvalue weighted by atomic mass is 9.95. The Kier molecular flexibility index (Phi) is 7.10. The molecule has 2 heterocycles. The number of anilines is 1. The molecule has 1 N–H and O–H groups in total. The first-order valence-electron chi connectivity index (χ1n) is 12.1. The Balaban J connectivity index is 1.39. The summed E-state index contributed by atoms with van der Waals surface area (Å²) in [6.07, 6.45) is 5.88. The number of carbonyl (C=O) groups is 3. The van der Waals surface area contributed by atoms with Gasteiger partial charge in [-0.3, -0.25) is 19.4 Å². The number of ketones is 2. The number of allylic oxidation sites excluding steroid dienone is 3. The normalized spacial score (nSPS) is 17.1. The van der Waals surface area contributed by atoms with Crippen LogP contribution in [0.3, 0.4) is 0 Å². The van der Waals surface area contributed by atoms with Gasteiger partial charge in [0.2, 0.25) is 0 Å². The van der Waals surface area contributed by atoms with Crippen LogP contribution in [0.15, 0.2) is 119 Å². The smallest absolute Gasteiger partial charge is 0.272 e. The fourth-order valence-corrected chi connectivity index (χ4v) is 4.34. The topological polar surface area (TPSA) is 78.8 Å². The minimum Gasteiger partial charge on any atom is -0.294 e. The molecule has 5 rings (SSSR count). The van der Waals surface area contributed by atoms with Gasteiger partial charge in [-0.15, -0.1) is 0 Å². The molecule has 2 aliphatic rings. The molecule has 1 atom stereocenters. The minimum absolute atomic E-state index is 0.00857. The second-order valence-corrected chi connectivity index (χ2v) is 8.75. The number of rotatable bonds is 9. The SMILES string of the molecule is O=C(/C=C\c1ccccc1)CC1=N[C@@H]2NN(c3ccccc3)C(=O)C2=C1CC(=O)/C=C/c1ccccc1. The Morgan fingerprint density at radius 2 is 1.27 bits per heavy atom. The molecule has 1 fully saturated rings. The highest BCUT2D eigenvalue weighted by Gasteiger charge is 2.43. The van der Waals surface area contributed by atoms with Crippen LogP contribution in [0.25, 0.3) is 12.2 Å². The summed E-state index contributed by atoms with van der Waals surface area (Å²) in [7, 11) is 0. The van der Waals surface area contributed by atoms with Gasteiger partial charge in [-0.05, 0) is 41.0 Å². The second-order valence-electron chi connectivity index (χ2n) is 8.75. The van der Waals surface area contributed by atoms with E-state index in [1.165, 1.54) is 17.2 Å². The van der Waals surface area contributed by atoms with Crippen molar-refractivity contribution >= 4 is 41.0 Å². The Bertz CT molecular complexity index is 1440.